The van der Waals surface area contributed by atoms with Gasteiger partial charge in [0.2, 0.25) is 5.75 Å². The molecule has 0 saturated carbocycles. The molecule has 0 unspecified atom stereocenters. The van der Waals surface area contributed by atoms with E-state index in [1.54, 1.807) is 26.2 Å². The molecule has 0 aromatic heterocycles. The number of aryl methyl sites for hydroxylation is 1. The molecule has 2 aromatic carbocycles. The Labute approximate surface area is 192 Å². The van der Waals surface area contributed by atoms with Gasteiger partial charge in [-0.1, -0.05) is 25.1 Å². The molecule has 2 rings (SSSR count). The molecule has 9 nitrogen and oxygen atoms in total. The molecule has 0 amide bonds. The lowest BCUT2D eigenvalue weighted by atomic mass is 10.1. The molecule has 0 bridgehead atoms. The van der Waals surface area contributed by atoms with E-state index in [4.69, 9.17) is 36.4 Å². The molecule has 2 aromatic rings. The molecule has 0 aliphatic carbocycles. The van der Waals surface area contributed by atoms with E-state index in [0.717, 1.165) is 11.6 Å². The van der Waals surface area contributed by atoms with Crippen LogP contribution in [0, 0.1) is 6.92 Å². The van der Waals surface area contributed by atoms with Crippen molar-refractivity contribution in [1.29, 1.82) is 0 Å². The summed E-state index contributed by atoms with van der Waals surface area (Å²) < 4.78 is 14.2. The number of methoxy groups -OCH3 is 2. The number of aromatic hydroxyl groups is 4. The number of benzene rings is 2. The van der Waals surface area contributed by atoms with E-state index < -0.39 is 17.2 Å². The molecular formula is C22H31ClO9. The van der Waals surface area contributed by atoms with Gasteiger partial charge in [-0.15, -0.1) is 0 Å². The minimum atomic E-state index is -0.664. The molecule has 0 radical (unpaired) electrons. The van der Waals surface area contributed by atoms with Crippen LogP contribution in [0.15, 0.2) is 24.3 Å². The van der Waals surface area contributed by atoms with Crippen molar-refractivity contribution in [3.05, 3.63) is 41.0 Å². The summed E-state index contributed by atoms with van der Waals surface area (Å²) in [6.07, 6.45) is 0. The van der Waals surface area contributed by atoms with Gasteiger partial charge in [-0.25, -0.2) is 0 Å². The van der Waals surface area contributed by atoms with Gasteiger partial charge in [0.1, 0.15) is 6.07 Å². The number of ketones is 2. The molecule has 10 heteroatoms. The van der Waals surface area contributed by atoms with E-state index in [1.165, 1.54) is 27.0 Å². The first-order valence-corrected chi connectivity index (χ1v) is 9.31. The molecule has 32 heavy (non-hydrogen) atoms. The Bertz CT molecular complexity index is 880. The quantitative estimate of drug-likeness (QED) is 0.208. The van der Waals surface area contributed by atoms with Crippen LogP contribution in [-0.2, 0) is 9.47 Å². The maximum absolute atomic E-state index is 11.2. The highest BCUT2D eigenvalue weighted by Crippen LogP contribution is 2.37. The Balaban J connectivity index is 0. The summed E-state index contributed by atoms with van der Waals surface area (Å²) in [5.41, 5.74) is 1.01. The second-order valence-electron chi connectivity index (χ2n) is 6.00. The van der Waals surface area contributed by atoms with Crippen LogP contribution in [0.5, 0.6) is 28.7 Å². The molecule has 0 aliphatic heterocycles. The second-order valence-corrected chi connectivity index (χ2v) is 6.22. The van der Waals surface area contributed by atoms with E-state index in [1.807, 2.05) is 0 Å². The van der Waals surface area contributed by atoms with E-state index in [-0.39, 0.29) is 42.7 Å². The summed E-state index contributed by atoms with van der Waals surface area (Å²) in [5.74, 6) is -2.09. The number of Topliss-reactive ketones (excluding diaryl/α,β-unsaturated/α-hetero) is 2. The van der Waals surface area contributed by atoms with E-state index in [9.17, 15) is 14.7 Å². The number of carbonyl (C=O) groups is 2. The van der Waals surface area contributed by atoms with E-state index in [0.29, 0.717) is 11.8 Å². The molecule has 0 fully saturated rings. The van der Waals surface area contributed by atoms with E-state index >= 15 is 0 Å². The fourth-order valence-corrected chi connectivity index (χ4v) is 2.11. The van der Waals surface area contributed by atoms with Gasteiger partial charge >= 0.3 is 0 Å². The molecule has 0 heterocycles. The Kier molecular flexibility index (Phi) is 15.3. The van der Waals surface area contributed by atoms with E-state index in [2.05, 4.69) is 4.74 Å². The third-order valence-electron chi connectivity index (χ3n) is 3.65. The van der Waals surface area contributed by atoms with Gasteiger partial charge in [0.15, 0.2) is 41.4 Å². The van der Waals surface area contributed by atoms with Crippen LogP contribution in [0.3, 0.4) is 0 Å². The van der Waals surface area contributed by atoms with Gasteiger partial charge in [-0.05, 0) is 44.5 Å². The molecule has 180 valence electrons. The number of alkyl halides is 1. The van der Waals surface area contributed by atoms with Crippen LogP contribution >= 0.6 is 11.6 Å². The van der Waals surface area contributed by atoms with Crippen LogP contribution in [-0.4, -0.2) is 59.1 Å². The standard InChI is InChI=1S/C11H14O4.C8H8O4.C2H5ClO.CH4/c1-7-4-5-9(8(2)12)10(13)11(7)15-6-14-3;1-4(9)5-2-3-6(10)8(12)7(5)11;1-4-2-3;/h4-5,13H,6H2,1-3H3;2-3,10-12H,1H3;2H2,1H3;1H4. The Morgan fingerprint density at radius 1 is 0.844 bits per heavy atom. The fourth-order valence-electron chi connectivity index (χ4n) is 2.11. The number of hydrogen-bond acceptors (Lipinski definition) is 9. The number of phenols is 4. The van der Waals surface area contributed by atoms with Crippen molar-refractivity contribution >= 4 is 23.2 Å². The Hall–Kier alpha value is -3.01. The Morgan fingerprint density at radius 2 is 1.31 bits per heavy atom. The molecule has 0 atom stereocenters. The minimum Gasteiger partial charge on any atom is -0.504 e. The van der Waals surface area contributed by atoms with Gasteiger partial charge in [0, 0.05) is 14.2 Å². The molecule has 4 N–H and O–H groups in total. The van der Waals surface area contributed by atoms with Gasteiger partial charge in [0.25, 0.3) is 0 Å². The molecule has 0 spiro atoms. The highest BCUT2D eigenvalue weighted by molar-refractivity contribution is 6.17. The number of rotatable bonds is 6. The topological polar surface area (TPSA) is 143 Å². The summed E-state index contributed by atoms with van der Waals surface area (Å²) >= 11 is 4.96. The van der Waals surface area contributed by atoms with Gasteiger partial charge in [-0.2, -0.15) is 0 Å². The maximum atomic E-state index is 11.2. The number of phenolic OH excluding ortho intramolecular Hbond substituents is 4. The first kappa shape index (κ1) is 31.2. The van der Waals surface area contributed by atoms with Gasteiger partial charge in [0.05, 0.1) is 11.1 Å². The first-order chi connectivity index (χ1) is 14.5. The van der Waals surface area contributed by atoms with Crippen molar-refractivity contribution in [2.45, 2.75) is 28.2 Å². The lowest BCUT2D eigenvalue weighted by Crippen LogP contribution is -2.03. The van der Waals surface area contributed by atoms with Crippen molar-refractivity contribution in [3.8, 4) is 28.7 Å². The summed E-state index contributed by atoms with van der Waals surface area (Å²) in [6, 6.07) is 5.98. The largest absolute Gasteiger partial charge is 0.504 e. The summed E-state index contributed by atoms with van der Waals surface area (Å²) in [4.78, 5) is 21.9. The normalized spacial score (nSPS) is 9.31. The lowest BCUT2D eigenvalue weighted by molar-refractivity contribution is 0.0485. The number of halogens is 1. The smallest absolute Gasteiger partial charge is 0.201 e. The second kappa shape index (κ2) is 15.7. The highest BCUT2D eigenvalue weighted by Gasteiger charge is 2.14. The summed E-state index contributed by atoms with van der Waals surface area (Å²) in [7, 11) is 3.04. The number of ether oxygens (including phenoxy) is 3. The van der Waals surface area contributed by atoms with Gasteiger partial charge in [-0.3, -0.25) is 9.59 Å². The van der Waals surface area contributed by atoms with Crippen LogP contribution in [0.2, 0.25) is 0 Å². The monoisotopic (exact) mass is 474 g/mol. The van der Waals surface area contributed by atoms with Gasteiger partial charge < -0.3 is 34.6 Å². The number of hydrogen-bond donors (Lipinski definition) is 4. The average Bonchev–Trinajstić information content (AvgIpc) is 2.72. The Morgan fingerprint density at radius 3 is 1.75 bits per heavy atom. The zero-order valence-corrected chi connectivity index (χ0v) is 18.7. The highest BCUT2D eigenvalue weighted by atomic mass is 35.5. The molecule has 0 saturated heterocycles. The molecular weight excluding hydrogens is 444 g/mol. The third-order valence-corrected chi connectivity index (χ3v) is 3.87. The predicted molar refractivity (Wildman–Crippen MR) is 121 cm³/mol. The summed E-state index contributed by atoms with van der Waals surface area (Å²) in [6.45, 7) is 4.47. The fraction of sp³-hybridized carbons (Fsp3) is 0.364. The SMILES string of the molecule is C.CC(=O)c1ccc(O)c(O)c1O.COCCl.COCOc1c(C)ccc(C(C)=O)c1O. The van der Waals surface area contributed by atoms with Crippen LogP contribution in [0.4, 0.5) is 0 Å². The van der Waals surface area contributed by atoms with Crippen molar-refractivity contribution in [2.24, 2.45) is 0 Å². The van der Waals surface area contributed by atoms with Crippen LogP contribution in [0.25, 0.3) is 0 Å². The van der Waals surface area contributed by atoms with Crippen LogP contribution in [0.1, 0.15) is 47.6 Å². The minimum absolute atomic E-state index is 0. The van der Waals surface area contributed by atoms with Crippen molar-refractivity contribution < 1.29 is 44.2 Å². The number of carbonyl (C=O) groups excluding carboxylic acids is 2. The zero-order valence-electron chi connectivity index (χ0n) is 17.9. The first-order valence-electron chi connectivity index (χ1n) is 8.78. The summed E-state index contributed by atoms with van der Waals surface area (Å²) in [5, 5.41) is 36.8. The van der Waals surface area contributed by atoms with Crippen molar-refractivity contribution in [2.75, 3.05) is 27.1 Å². The molecule has 0 aliphatic rings. The van der Waals surface area contributed by atoms with Crippen molar-refractivity contribution in [3.63, 3.8) is 0 Å². The maximum Gasteiger partial charge on any atom is 0.201 e. The third kappa shape index (κ3) is 9.42. The average molecular weight is 475 g/mol. The van der Waals surface area contributed by atoms with Crippen LogP contribution < -0.4 is 4.74 Å². The predicted octanol–water partition coefficient (Wildman–Crippen LogP) is 4.36. The van der Waals surface area contributed by atoms with Crippen molar-refractivity contribution in [1.82, 2.24) is 0 Å². The lowest BCUT2D eigenvalue weighted by Gasteiger charge is -2.11. The zero-order chi connectivity index (χ0) is 24.1.